The summed E-state index contributed by atoms with van der Waals surface area (Å²) in [7, 11) is 0. The minimum Gasteiger partial charge on any atom is -0.313 e. The van der Waals surface area contributed by atoms with E-state index in [-0.39, 0.29) is 22.9 Å². The van der Waals surface area contributed by atoms with E-state index in [1.165, 1.54) is 0 Å². The fourth-order valence-electron chi connectivity index (χ4n) is 3.02. The number of rotatable bonds is 9. The predicted octanol–water partition coefficient (Wildman–Crippen LogP) is 6.18. The van der Waals surface area contributed by atoms with Crippen LogP contribution in [0.3, 0.4) is 0 Å². The van der Waals surface area contributed by atoms with Gasteiger partial charge in [0.1, 0.15) is 0 Å². The van der Waals surface area contributed by atoms with Crippen LogP contribution >= 0.6 is 23.2 Å². The lowest BCUT2D eigenvalue weighted by atomic mass is 9.81. The van der Waals surface area contributed by atoms with Crippen molar-refractivity contribution >= 4 is 34.8 Å². The molecular formula is C24H29Cl2NO2. The summed E-state index contributed by atoms with van der Waals surface area (Å²) in [4.78, 5) is 25.2. The van der Waals surface area contributed by atoms with Gasteiger partial charge in [0.05, 0.1) is 0 Å². The number of nitrogens with one attached hydrogen (secondary N) is 1. The molecule has 2 aromatic rings. The Morgan fingerprint density at radius 3 is 2.14 bits per heavy atom. The third-order valence-electron chi connectivity index (χ3n) is 5.01. The summed E-state index contributed by atoms with van der Waals surface area (Å²) in [6, 6.07) is 14.6. The fraction of sp³-hybridized carbons (Fsp3) is 0.417. The van der Waals surface area contributed by atoms with Crippen LogP contribution in [-0.4, -0.2) is 24.0 Å². The highest BCUT2D eigenvalue weighted by molar-refractivity contribution is 6.31. The van der Waals surface area contributed by atoms with E-state index in [1.807, 2.05) is 52.0 Å². The molecule has 0 saturated carbocycles. The predicted molar refractivity (Wildman–Crippen MR) is 121 cm³/mol. The van der Waals surface area contributed by atoms with E-state index in [0.717, 1.165) is 11.1 Å². The lowest BCUT2D eigenvalue weighted by Crippen LogP contribution is -2.33. The number of carbonyl (C=O) groups excluding carboxylic acids is 2. The lowest BCUT2D eigenvalue weighted by molar-refractivity contribution is 0.0830. The molecule has 2 aromatic carbocycles. The van der Waals surface area contributed by atoms with Gasteiger partial charge in [-0.05, 0) is 30.7 Å². The maximum Gasteiger partial charge on any atom is 0.170 e. The smallest absolute Gasteiger partial charge is 0.170 e. The SMILES string of the molecule is CC(C)(C)C(=O)c1ccc(CNCCC(C)(CCl)C(=O)c2cccc(Cl)c2)cc1. The Balaban J connectivity index is 1.91. The second-order valence-electron chi connectivity index (χ2n) is 8.74. The number of hydrogen-bond acceptors (Lipinski definition) is 3. The first-order valence-corrected chi connectivity index (χ1v) is 10.7. The van der Waals surface area contributed by atoms with Crippen molar-refractivity contribution < 1.29 is 9.59 Å². The van der Waals surface area contributed by atoms with Crippen LogP contribution in [0.1, 0.15) is 60.4 Å². The lowest BCUT2D eigenvalue weighted by Gasteiger charge is -2.26. The van der Waals surface area contributed by atoms with Gasteiger partial charge in [0.15, 0.2) is 11.6 Å². The zero-order chi connectivity index (χ0) is 21.7. The van der Waals surface area contributed by atoms with Crippen molar-refractivity contribution in [3.8, 4) is 0 Å². The largest absolute Gasteiger partial charge is 0.313 e. The molecule has 0 heterocycles. The van der Waals surface area contributed by atoms with E-state index < -0.39 is 5.41 Å². The highest BCUT2D eigenvalue weighted by atomic mass is 35.5. The second kappa shape index (κ2) is 9.88. The molecule has 29 heavy (non-hydrogen) atoms. The first kappa shape index (κ1) is 23.6. The summed E-state index contributed by atoms with van der Waals surface area (Å²) in [5, 5.41) is 3.91. The van der Waals surface area contributed by atoms with Crippen LogP contribution in [0, 0.1) is 10.8 Å². The van der Waals surface area contributed by atoms with Gasteiger partial charge in [-0.15, -0.1) is 11.6 Å². The van der Waals surface area contributed by atoms with Gasteiger partial charge in [-0.1, -0.05) is 75.7 Å². The molecule has 0 aliphatic rings. The molecule has 1 unspecified atom stereocenters. The molecule has 0 aliphatic heterocycles. The van der Waals surface area contributed by atoms with E-state index in [4.69, 9.17) is 23.2 Å². The summed E-state index contributed by atoms with van der Waals surface area (Å²) in [5.74, 6) is 0.375. The molecule has 0 aromatic heterocycles. The molecule has 0 radical (unpaired) electrons. The quantitative estimate of drug-likeness (QED) is 0.291. The highest BCUT2D eigenvalue weighted by Crippen LogP contribution is 2.29. The van der Waals surface area contributed by atoms with Crippen molar-refractivity contribution in [3.05, 3.63) is 70.2 Å². The third-order valence-corrected chi connectivity index (χ3v) is 5.83. The van der Waals surface area contributed by atoms with Gasteiger partial charge in [0, 0.05) is 39.4 Å². The van der Waals surface area contributed by atoms with E-state index in [9.17, 15) is 9.59 Å². The van der Waals surface area contributed by atoms with E-state index in [2.05, 4.69) is 5.32 Å². The van der Waals surface area contributed by atoms with Gasteiger partial charge in [-0.3, -0.25) is 9.59 Å². The van der Waals surface area contributed by atoms with Crippen molar-refractivity contribution in [1.29, 1.82) is 0 Å². The fourth-order valence-corrected chi connectivity index (χ4v) is 3.47. The Kier molecular flexibility index (Phi) is 8.04. The number of Topliss-reactive ketones (excluding diaryl/α,β-unsaturated/α-hetero) is 2. The topological polar surface area (TPSA) is 46.2 Å². The van der Waals surface area contributed by atoms with Crippen LogP contribution in [0.2, 0.25) is 5.02 Å². The van der Waals surface area contributed by atoms with Crippen LogP contribution in [-0.2, 0) is 6.54 Å². The maximum absolute atomic E-state index is 12.9. The molecule has 1 atom stereocenters. The molecule has 2 rings (SSSR count). The second-order valence-corrected chi connectivity index (χ2v) is 9.44. The van der Waals surface area contributed by atoms with Gasteiger partial charge in [0.25, 0.3) is 0 Å². The molecule has 1 N–H and O–H groups in total. The summed E-state index contributed by atoms with van der Waals surface area (Å²) in [6.07, 6.45) is 0.614. The first-order chi connectivity index (χ1) is 13.6. The monoisotopic (exact) mass is 433 g/mol. The average Bonchev–Trinajstić information content (AvgIpc) is 2.69. The van der Waals surface area contributed by atoms with Crippen LogP contribution in [0.5, 0.6) is 0 Å². The molecule has 0 fully saturated rings. The zero-order valence-corrected chi connectivity index (χ0v) is 19.0. The van der Waals surface area contributed by atoms with Gasteiger partial charge in [-0.25, -0.2) is 0 Å². The maximum atomic E-state index is 12.9. The minimum absolute atomic E-state index is 0.00171. The third kappa shape index (κ3) is 6.40. The van der Waals surface area contributed by atoms with Crippen LogP contribution < -0.4 is 5.32 Å². The molecule has 3 nitrogen and oxygen atoms in total. The molecule has 0 spiro atoms. The number of carbonyl (C=O) groups is 2. The number of benzene rings is 2. The number of alkyl halides is 1. The van der Waals surface area contributed by atoms with Crippen LogP contribution in [0.4, 0.5) is 0 Å². The first-order valence-electron chi connectivity index (χ1n) is 9.77. The summed E-state index contributed by atoms with van der Waals surface area (Å²) < 4.78 is 0. The van der Waals surface area contributed by atoms with Crippen molar-refractivity contribution in [2.45, 2.75) is 40.7 Å². The van der Waals surface area contributed by atoms with Crippen molar-refractivity contribution in [3.63, 3.8) is 0 Å². The van der Waals surface area contributed by atoms with Crippen LogP contribution in [0.15, 0.2) is 48.5 Å². The Hall–Kier alpha value is -1.68. The highest BCUT2D eigenvalue weighted by Gasteiger charge is 2.32. The molecule has 0 amide bonds. The Morgan fingerprint density at radius 2 is 1.59 bits per heavy atom. The molecule has 0 bridgehead atoms. The van der Waals surface area contributed by atoms with Crippen molar-refractivity contribution in [2.75, 3.05) is 12.4 Å². The van der Waals surface area contributed by atoms with Crippen molar-refractivity contribution in [1.82, 2.24) is 5.32 Å². The van der Waals surface area contributed by atoms with Gasteiger partial charge in [-0.2, -0.15) is 0 Å². The summed E-state index contributed by atoms with van der Waals surface area (Å²) in [6.45, 7) is 8.96. The van der Waals surface area contributed by atoms with Gasteiger partial charge >= 0.3 is 0 Å². The molecule has 0 saturated heterocycles. The standard InChI is InChI=1S/C24H29Cl2NO2/c1-23(2,3)21(28)18-10-8-17(9-11-18)15-27-13-12-24(4,16-25)22(29)19-6-5-7-20(26)14-19/h5-11,14,27H,12-13,15-16H2,1-4H3. The van der Waals surface area contributed by atoms with E-state index in [0.29, 0.717) is 30.1 Å². The number of halogens is 2. The van der Waals surface area contributed by atoms with Crippen molar-refractivity contribution in [2.24, 2.45) is 10.8 Å². The number of ketones is 2. The van der Waals surface area contributed by atoms with E-state index in [1.54, 1.807) is 24.3 Å². The van der Waals surface area contributed by atoms with Gasteiger partial charge < -0.3 is 5.32 Å². The van der Waals surface area contributed by atoms with Gasteiger partial charge in [0.2, 0.25) is 0 Å². The Labute approximate surface area is 183 Å². The molecule has 156 valence electrons. The van der Waals surface area contributed by atoms with E-state index >= 15 is 0 Å². The zero-order valence-electron chi connectivity index (χ0n) is 17.5. The minimum atomic E-state index is -0.664. The normalized spacial score (nSPS) is 13.7. The molecule has 5 heteroatoms. The number of hydrogen-bond donors (Lipinski definition) is 1. The molecular weight excluding hydrogens is 405 g/mol. The summed E-state index contributed by atoms with van der Waals surface area (Å²) in [5.41, 5.74) is 1.34. The molecule has 0 aliphatic carbocycles. The van der Waals surface area contributed by atoms with Crippen LogP contribution in [0.25, 0.3) is 0 Å². The Morgan fingerprint density at radius 1 is 0.931 bits per heavy atom. The Bertz CT molecular complexity index is 856. The average molecular weight is 434 g/mol. The summed E-state index contributed by atoms with van der Waals surface area (Å²) >= 11 is 12.2.